The molecule has 0 amide bonds. The first kappa shape index (κ1) is 20.9. The van der Waals surface area contributed by atoms with Crippen molar-refractivity contribution >= 4 is 0 Å². The third-order valence-electron chi connectivity index (χ3n) is 5.18. The molecule has 2 fully saturated rings. The minimum atomic E-state index is 0.580. The average molecular weight is 415 g/mol. The van der Waals surface area contributed by atoms with Gasteiger partial charge < -0.3 is 23.7 Å². The van der Waals surface area contributed by atoms with Crippen LogP contribution in [0.1, 0.15) is 0 Å². The Bertz CT molecular complexity index is 741. The summed E-state index contributed by atoms with van der Waals surface area (Å²) in [4.78, 5) is 4.59. The molecule has 0 aliphatic carbocycles. The van der Waals surface area contributed by atoms with E-state index in [0.29, 0.717) is 13.3 Å². The maximum atomic E-state index is 5.92. The van der Waals surface area contributed by atoms with Crippen LogP contribution in [0.3, 0.4) is 0 Å². The van der Waals surface area contributed by atoms with Gasteiger partial charge in [-0.25, -0.2) is 0 Å². The second-order valence-corrected chi connectivity index (χ2v) is 7.35. The highest BCUT2D eigenvalue weighted by Crippen LogP contribution is 2.25. The summed E-state index contributed by atoms with van der Waals surface area (Å²) >= 11 is 0. The lowest BCUT2D eigenvalue weighted by molar-refractivity contribution is 0.00407. The van der Waals surface area contributed by atoms with Crippen molar-refractivity contribution in [3.63, 3.8) is 0 Å². The van der Waals surface area contributed by atoms with E-state index in [2.05, 4.69) is 9.80 Å². The summed E-state index contributed by atoms with van der Waals surface area (Å²) in [6.07, 6.45) is 0. The van der Waals surface area contributed by atoms with Crippen molar-refractivity contribution in [3.8, 4) is 23.0 Å². The van der Waals surface area contributed by atoms with E-state index in [1.807, 2.05) is 48.5 Å². The number of rotatable bonds is 9. The predicted molar refractivity (Wildman–Crippen MR) is 114 cm³/mol. The average Bonchev–Trinajstić information content (AvgIpc) is 2.81. The predicted octanol–water partition coefficient (Wildman–Crippen LogP) is 2.86. The van der Waals surface area contributed by atoms with Gasteiger partial charge in [-0.3, -0.25) is 9.80 Å². The zero-order valence-electron chi connectivity index (χ0n) is 17.3. The Balaban J connectivity index is 1.19. The van der Waals surface area contributed by atoms with Crippen LogP contribution in [0.25, 0.3) is 0 Å². The second kappa shape index (κ2) is 11.2. The minimum Gasteiger partial charge on any atom is -0.492 e. The highest BCUT2D eigenvalue weighted by molar-refractivity contribution is 5.37. The first-order valence-electron chi connectivity index (χ1n) is 10.6. The van der Waals surface area contributed by atoms with Gasteiger partial charge in [-0.05, 0) is 48.5 Å². The number of benzene rings is 2. The molecule has 0 aromatic heterocycles. The van der Waals surface area contributed by atoms with Crippen LogP contribution in [0, 0.1) is 0 Å². The molecule has 7 nitrogen and oxygen atoms in total. The molecule has 162 valence electrons. The van der Waals surface area contributed by atoms with E-state index in [-0.39, 0.29) is 0 Å². The van der Waals surface area contributed by atoms with Crippen LogP contribution in [-0.2, 0) is 9.47 Å². The van der Waals surface area contributed by atoms with Gasteiger partial charge in [0.2, 0.25) is 0 Å². The highest BCUT2D eigenvalue weighted by Gasteiger charge is 2.11. The fourth-order valence-corrected chi connectivity index (χ4v) is 3.36. The molecule has 0 atom stereocenters. The zero-order valence-corrected chi connectivity index (χ0v) is 17.3. The lowest BCUT2D eigenvalue weighted by atomic mass is 10.3. The standard InChI is InChI=1S/C23H30N2O5/c1-5-22(6-2-20(1)28-18-13-24-9-14-26-15-10-24)30-23-7-3-21(4-8-23)29-19-25-11-16-27-17-12-25/h1-8H,9-19H2. The number of morpholine rings is 2. The fourth-order valence-electron chi connectivity index (χ4n) is 3.36. The molecule has 2 aromatic rings. The Labute approximate surface area is 178 Å². The number of nitrogens with zero attached hydrogens (tertiary/aromatic N) is 2. The molecule has 2 saturated heterocycles. The number of hydrogen-bond donors (Lipinski definition) is 0. The van der Waals surface area contributed by atoms with E-state index < -0.39 is 0 Å². The quantitative estimate of drug-likeness (QED) is 0.625. The number of ether oxygens (including phenoxy) is 5. The molecule has 0 N–H and O–H groups in total. The molecule has 30 heavy (non-hydrogen) atoms. The lowest BCUT2D eigenvalue weighted by Crippen LogP contribution is -2.38. The van der Waals surface area contributed by atoms with E-state index in [9.17, 15) is 0 Å². The lowest BCUT2D eigenvalue weighted by Gasteiger charge is -2.26. The van der Waals surface area contributed by atoms with Crippen molar-refractivity contribution in [2.75, 3.05) is 72.5 Å². The molecule has 7 heteroatoms. The highest BCUT2D eigenvalue weighted by atomic mass is 16.5. The molecule has 0 unspecified atom stereocenters. The van der Waals surface area contributed by atoms with Gasteiger partial charge >= 0.3 is 0 Å². The van der Waals surface area contributed by atoms with Gasteiger partial charge in [-0.2, -0.15) is 0 Å². The Morgan fingerprint density at radius 3 is 1.63 bits per heavy atom. The summed E-state index contributed by atoms with van der Waals surface area (Å²) in [6, 6.07) is 15.4. The van der Waals surface area contributed by atoms with Crippen molar-refractivity contribution in [1.82, 2.24) is 9.80 Å². The minimum absolute atomic E-state index is 0.580. The van der Waals surface area contributed by atoms with Crippen molar-refractivity contribution in [2.24, 2.45) is 0 Å². The van der Waals surface area contributed by atoms with Crippen molar-refractivity contribution in [1.29, 1.82) is 0 Å². The van der Waals surface area contributed by atoms with E-state index in [0.717, 1.165) is 82.1 Å². The van der Waals surface area contributed by atoms with Gasteiger partial charge in [0.1, 0.15) is 36.3 Å². The maximum absolute atomic E-state index is 5.92. The second-order valence-electron chi connectivity index (χ2n) is 7.35. The maximum Gasteiger partial charge on any atom is 0.142 e. The van der Waals surface area contributed by atoms with Crippen LogP contribution < -0.4 is 14.2 Å². The Morgan fingerprint density at radius 2 is 1.07 bits per heavy atom. The molecule has 2 aromatic carbocycles. The molecule has 0 radical (unpaired) electrons. The Morgan fingerprint density at radius 1 is 0.600 bits per heavy atom. The van der Waals surface area contributed by atoms with Crippen LogP contribution >= 0.6 is 0 Å². The van der Waals surface area contributed by atoms with Gasteiger partial charge in [0.05, 0.1) is 26.4 Å². The third kappa shape index (κ3) is 6.60. The topological polar surface area (TPSA) is 52.6 Å². The smallest absolute Gasteiger partial charge is 0.142 e. The third-order valence-corrected chi connectivity index (χ3v) is 5.18. The van der Waals surface area contributed by atoms with Crippen LogP contribution in [0.4, 0.5) is 0 Å². The number of hydrogen-bond acceptors (Lipinski definition) is 7. The molecular formula is C23H30N2O5. The summed E-state index contributed by atoms with van der Waals surface area (Å²) in [7, 11) is 0. The van der Waals surface area contributed by atoms with Gasteiger partial charge in [-0.1, -0.05) is 0 Å². The van der Waals surface area contributed by atoms with Crippen molar-refractivity contribution < 1.29 is 23.7 Å². The Kier molecular flexibility index (Phi) is 7.80. The van der Waals surface area contributed by atoms with E-state index >= 15 is 0 Å². The first-order valence-corrected chi connectivity index (χ1v) is 10.6. The molecule has 4 rings (SSSR count). The monoisotopic (exact) mass is 414 g/mol. The van der Waals surface area contributed by atoms with E-state index in [4.69, 9.17) is 23.7 Å². The van der Waals surface area contributed by atoms with Crippen LogP contribution in [0.2, 0.25) is 0 Å². The molecule has 2 aliphatic heterocycles. The molecule has 0 saturated carbocycles. The largest absolute Gasteiger partial charge is 0.492 e. The van der Waals surface area contributed by atoms with Gasteiger partial charge in [0.25, 0.3) is 0 Å². The fraction of sp³-hybridized carbons (Fsp3) is 0.478. The van der Waals surface area contributed by atoms with Crippen LogP contribution in [-0.4, -0.2) is 82.3 Å². The Hall–Kier alpha value is -2.32. The summed E-state index contributed by atoms with van der Waals surface area (Å²) in [5.41, 5.74) is 0. The van der Waals surface area contributed by atoms with E-state index in [1.54, 1.807) is 0 Å². The molecule has 0 spiro atoms. The summed E-state index contributed by atoms with van der Waals surface area (Å²) in [6.45, 7) is 9.12. The molecule has 2 aliphatic rings. The molecule has 0 bridgehead atoms. The molecule has 2 heterocycles. The van der Waals surface area contributed by atoms with Gasteiger partial charge in [-0.15, -0.1) is 0 Å². The van der Waals surface area contributed by atoms with Crippen molar-refractivity contribution in [2.45, 2.75) is 0 Å². The van der Waals surface area contributed by atoms with Crippen LogP contribution in [0.5, 0.6) is 23.0 Å². The van der Waals surface area contributed by atoms with Crippen LogP contribution in [0.15, 0.2) is 48.5 Å². The summed E-state index contributed by atoms with van der Waals surface area (Å²) in [5, 5.41) is 0. The van der Waals surface area contributed by atoms with E-state index in [1.165, 1.54) is 0 Å². The van der Waals surface area contributed by atoms with Gasteiger partial charge in [0, 0.05) is 32.7 Å². The molecular weight excluding hydrogens is 384 g/mol. The summed E-state index contributed by atoms with van der Waals surface area (Å²) < 4.78 is 28.3. The first-order chi connectivity index (χ1) is 14.8. The normalized spacial score (nSPS) is 18.1. The van der Waals surface area contributed by atoms with Crippen molar-refractivity contribution in [3.05, 3.63) is 48.5 Å². The zero-order chi connectivity index (χ0) is 20.4. The van der Waals surface area contributed by atoms with Gasteiger partial charge in [0.15, 0.2) is 0 Å². The summed E-state index contributed by atoms with van der Waals surface area (Å²) in [5.74, 6) is 3.23. The SMILES string of the molecule is c1cc(Oc2ccc(OCN3CCOCC3)cc2)ccc1OCCN1CCOCC1.